The number of rotatable bonds is 7. The minimum absolute atomic E-state index is 0.0356. The zero-order valence-corrected chi connectivity index (χ0v) is 20.0. The molecule has 3 aromatic rings. The molecule has 1 N–H and O–H groups in total. The summed E-state index contributed by atoms with van der Waals surface area (Å²) in [5, 5.41) is 3.03. The molecule has 0 aliphatic rings. The molecule has 0 fully saturated rings. The summed E-state index contributed by atoms with van der Waals surface area (Å²) in [5.41, 5.74) is -0.216. The van der Waals surface area contributed by atoms with Crippen LogP contribution in [0.5, 0.6) is 0 Å². The van der Waals surface area contributed by atoms with Gasteiger partial charge in [0, 0.05) is 35.4 Å². The Balaban J connectivity index is 1.82. The maximum atomic E-state index is 14.4. The van der Waals surface area contributed by atoms with Crippen LogP contribution >= 0.6 is 11.6 Å². The average Bonchev–Trinajstić information content (AvgIpc) is 2.81. The number of carbonyl (C=O) groups excluding carboxylic acids is 1. The molecular weight excluding hydrogens is 510 g/mol. The van der Waals surface area contributed by atoms with Gasteiger partial charge in [-0.25, -0.2) is 9.37 Å². The standard InChI is InChI=1S/C23H20ClF4N3O3S/c1-13(15-5-9-19(18(25)11-15)31(2)35(33)34)22(32)29-12-16-6-10-20(23(26,27)28)30-21(16)14-3-7-17(24)8-4-14/h3-11,13H,12H2,1-2H3,(H,29,32)(H,33,34)/p-1. The topological polar surface area (TPSA) is 85.4 Å². The van der Waals surface area contributed by atoms with Crippen molar-refractivity contribution in [3.63, 3.8) is 0 Å². The summed E-state index contributed by atoms with van der Waals surface area (Å²) >= 11 is 3.21. The van der Waals surface area contributed by atoms with E-state index >= 15 is 0 Å². The van der Waals surface area contributed by atoms with Crippen LogP contribution in [0.2, 0.25) is 5.02 Å². The number of amides is 1. The molecule has 0 aliphatic carbocycles. The number of hydrogen-bond donors (Lipinski definition) is 1. The maximum absolute atomic E-state index is 14.4. The van der Waals surface area contributed by atoms with Gasteiger partial charge in [0.2, 0.25) is 5.91 Å². The Labute approximate surface area is 206 Å². The van der Waals surface area contributed by atoms with E-state index in [4.69, 9.17) is 11.6 Å². The number of benzene rings is 2. The lowest BCUT2D eigenvalue weighted by Crippen LogP contribution is -2.28. The Morgan fingerprint density at radius 3 is 2.40 bits per heavy atom. The van der Waals surface area contributed by atoms with E-state index in [2.05, 4.69) is 10.3 Å². The smallest absolute Gasteiger partial charge is 0.433 e. The average molecular weight is 529 g/mol. The number of anilines is 1. The van der Waals surface area contributed by atoms with Gasteiger partial charge in [-0.2, -0.15) is 13.2 Å². The van der Waals surface area contributed by atoms with Gasteiger partial charge >= 0.3 is 6.18 Å². The molecule has 1 heterocycles. The van der Waals surface area contributed by atoms with Crippen molar-refractivity contribution >= 4 is 34.5 Å². The van der Waals surface area contributed by atoms with E-state index in [1.165, 1.54) is 56.4 Å². The molecular formula is C23H19ClF4N3O3S-. The van der Waals surface area contributed by atoms with Crippen LogP contribution in [-0.2, 0) is 28.8 Å². The molecule has 6 nitrogen and oxygen atoms in total. The molecule has 1 aromatic heterocycles. The molecule has 0 aliphatic heterocycles. The number of carbonyl (C=O) groups is 1. The molecule has 0 bridgehead atoms. The van der Waals surface area contributed by atoms with Gasteiger partial charge in [0.25, 0.3) is 0 Å². The quantitative estimate of drug-likeness (QED) is 0.337. The van der Waals surface area contributed by atoms with E-state index in [1.54, 1.807) is 0 Å². The Morgan fingerprint density at radius 1 is 1.17 bits per heavy atom. The normalized spacial score (nSPS) is 13.3. The lowest BCUT2D eigenvalue weighted by molar-refractivity contribution is -0.141. The summed E-state index contributed by atoms with van der Waals surface area (Å²) in [4.78, 5) is 16.5. The molecule has 0 saturated carbocycles. The predicted octanol–water partition coefficient (Wildman–Crippen LogP) is 5.21. The molecule has 0 spiro atoms. The highest BCUT2D eigenvalue weighted by Gasteiger charge is 2.33. The highest BCUT2D eigenvalue weighted by molar-refractivity contribution is 7.80. The van der Waals surface area contributed by atoms with Crippen LogP contribution in [0.15, 0.2) is 54.6 Å². The van der Waals surface area contributed by atoms with Gasteiger partial charge in [-0.1, -0.05) is 35.9 Å². The molecule has 35 heavy (non-hydrogen) atoms. The van der Waals surface area contributed by atoms with Gasteiger partial charge in [0.15, 0.2) is 0 Å². The van der Waals surface area contributed by atoms with Crippen LogP contribution in [-0.4, -0.2) is 26.7 Å². The van der Waals surface area contributed by atoms with Gasteiger partial charge in [0.05, 0.1) is 17.3 Å². The predicted molar refractivity (Wildman–Crippen MR) is 124 cm³/mol. The SMILES string of the molecule is CC(C(=O)NCc1ccc(C(F)(F)F)nc1-c1ccc(Cl)cc1)c1ccc(N(C)S(=O)[O-])c(F)c1. The second-order valence-electron chi connectivity index (χ2n) is 7.57. The zero-order valence-electron chi connectivity index (χ0n) is 18.4. The lowest BCUT2D eigenvalue weighted by Gasteiger charge is -2.22. The highest BCUT2D eigenvalue weighted by Crippen LogP contribution is 2.32. The minimum atomic E-state index is -4.65. The van der Waals surface area contributed by atoms with E-state index in [-0.39, 0.29) is 23.5 Å². The largest absolute Gasteiger partial charge is 0.755 e. The first-order valence-corrected chi connectivity index (χ1v) is 11.5. The maximum Gasteiger partial charge on any atom is 0.433 e. The minimum Gasteiger partial charge on any atom is -0.755 e. The van der Waals surface area contributed by atoms with Crippen molar-refractivity contribution in [2.24, 2.45) is 0 Å². The van der Waals surface area contributed by atoms with Crippen LogP contribution in [0.3, 0.4) is 0 Å². The van der Waals surface area contributed by atoms with Gasteiger partial charge in [-0.05, 0) is 48.4 Å². The molecule has 3 rings (SSSR count). The molecule has 2 atom stereocenters. The van der Waals surface area contributed by atoms with Gasteiger partial charge in [-0.3, -0.25) is 9.00 Å². The van der Waals surface area contributed by atoms with Crippen LogP contribution in [0.1, 0.15) is 29.7 Å². The fraction of sp³-hybridized carbons (Fsp3) is 0.217. The number of nitrogens with zero attached hydrogens (tertiary/aromatic N) is 2. The second-order valence-corrected chi connectivity index (χ2v) is 8.99. The molecule has 0 saturated heterocycles. The molecule has 0 radical (unpaired) electrons. The fourth-order valence-electron chi connectivity index (χ4n) is 3.26. The molecule has 186 valence electrons. The first-order valence-electron chi connectivity index (χ1n) is 10.1. The van der Waals surface area contributed by atoms with Crippen LogP contribution in [0.25, 0.3) is 11.3 Å². The first-order chi connectivity index (χ1) is 16.4. The number of alkyl halides is 3. The zero-order chi connectivity index (χ0) is 25.9. The second kappa shape index (κ2) is 10.7. The van der Waals surface area contributed by atoms with Crippen molar-refractivity contribution in [1.29, 1.82) is 0 Å². The number of nitrogens with one attached hydrogen (secondary N) is 1. The van der Waals surface area contributed by atoms with Crippen LogP contribution in [0.4, 0.5) is 23.2 Å². The van der Waals surface area contributed by atoms with Crippen molar-refractivity contribution in [1.82, 2.24) is 10.3 Å². The lowest BCUT2D eigenvalue weighted by atomic mass is 9.99. The van der Waals surface area contributed by atoms with E-state index in [9.17, 15) is 31.1 Å². The third-order valence-electron chi connectivity index (χ3n) is 5.27. The monoisotopic (exact) mass is 528 g/mol. The van der Waals surface area contributed by atoms with Crippen LogP contribution in [0, 0.1) is 5.82 Å². The fourth-order valence-corrected chi connectivity index (χ4v) is 3.70. The Hall–Kier alpha value is -3.02. The number of aromatic nitrogens is 1. The Morgan fingerprint density at radius 2 is 1.83 bits per heavy atom. The van der Waals surface area contributed by atoms with Crippen molar-refractivity contribution in [3.05, 3.63) is 82.3 Å². The number of halogens is 5. The summed E-state index contributed by atoms with van der Waals surface area (Å²) in [6, 6.07) is 11.9. The van der Waals surface area contributed by atoms with Gasteiger partial charge in [-0.15, -0.1) is 0 Å². The Bertz CT molecular complexity index is 1260. The highest BCUT2D eigenvalue weighted by atomic mass is 35.5. The van der Waals surface area contributed by atoms with Gasteiger partial charge < -0.3 is 14.2 Å². The molecule has 2 unspecified atom stereocenters. The number of pyridine rings is 1. The number of hydrogen-bond acceptors (Lipinski definition) is 4. The molecule has 1 amide bonds. The van der Waals surface area contributed by atoms with E-state index in [1.807, 2.05) is 0 Å². The van der Waals surface area contributed by atoms with Crippen molar-refractivity contribution in [2.75, 3.05) is 11.4 Å². The third-order valence-corrected chi connectivity index (χ3v) is 6.16. The van der Waals surface area contributed by atoms with Crippen molar-refractivity contribution in [3.8, 4) is 11.3 Å². The summed E-state index contributed by atoms with van der Waals surface area (Å²) in [6.07, 6.45) is -4.65. The third kappa shape index (κ3) is 6.36. The van der Waals surface area contributed by atoms with E-state index < -0.39 is 40.8 Å². The van der Waals surface area contributed by atoms with Crippen molar-refractivity contribution < 1.29 is 31.1 Å². The van der Waals surface area contributed by atoms with E-state index in [0.29, 0.717) is 20.5 Å². The molecule has 12 heteroatoms. The summed E-state index contributed by atoms with van der Waals surface area (Å²) in [5.74, 6) is -2.17. The van der Waals surface area contributed by atoms with Crippen molar-refractivity contribution in [2.45, 2.75) is 25.6 Å². The summed E-state index contributed by atoms with van der Waals surface area (Å²) in [6.45, 7) is 1.38. The van der Waals surface area contributed by atoms with Gasteiger partial charge in [0.1, 0.15) is 11.5 Å². The van der Waals surface area contributed by atoms with Crippen LogP contribution < -0.4 is 9.62 Å². The summed E-state index contributed by atoms with van der Waals surface area (Å²) in [7, 11) is 1.17. The summed E-state index contributed by atoms with van der Waals surface area (Å²) < 4.78 is 76.8. The Kier molecular flexibility index (Phi) is 8.14. The first kappa shape index (κ1) is 26.6. The van der Waals surface area contributed by atoms with E-state index in [0.717, 1.165) is 12.1 Å². The molecule has 2 aromatic carbocycles.